The van der Waals surface area contributed by atoms with Gasteiger partial charge < -0.3 is 114 Å². The lowest BCUT2D eigenvalue weighted by Crippen LogP contribution is -2.44. The molecule has 12 rings (SSSR count). The monoisotopic (exact) mass is 1870 g/mol. The molecule has 34 nitrogen and oxygen atoms in total. The number of pyridine rings is 3. The summed E-state index contributed by atoms with van der Waals surface area (Å²) in [5.41, 5.74) is 11.1. The molecule has 0 spiro atoms. The van der Waals surface area contributed by atoms with E-state index in [4.69, 9.17) is 67.7 Å². The molecule has 10 aromatic rings. The third-order valence-electron chi connectivity index (χ3n) is 20.4. The van der Waals surface area contributed by atoms with Crippen LogP contribution in [-0.4, -0.2) is 262 Å². The molecule has 4 amide bonds. The number of piperidine rings is 1. The molecule has 2 aliphatic heterocycles. The molecule has 2 atom stereocenters. The summed E-state index contributed by atoms with van der Waals surface area (Å²) >= 11 is 1.71. The van der Waals surface area contributed by atoms with E-state index >= 15 is 0 Å². The highest BCUT2D eigenvalue weighted by Crippen LogP contribution is 2.44. The fourth-order valence-electron chi connectivity index (χ4n) is 13.2. The molecule has 2 unspecified atom stereocenters. The molecule has 2 aliphatic rings. The largest absolute Gasteiger partial charge is 0.504 e. The number of methoxy groups -OCH3 is 2. The van der Waals surface area contributed by atoms with Gasteiger partial charge in [-0.2, -0.15) is 0 Å². The molecule has 0 radical (unpaired) electrons. The molecule has 8 heterocycles. The van der Waals surface area contributed by atoms with Gasteiger partial charge in [-0.25, -0.2) is 15.0 Å². The molecular weight excluding hydrogens is 1740 g/mol. The first-order valence-corrected chi connectivity index (χ1v) is 45.1. The number of fused-ring (bicyclic) bond motifs is 4. The van der Waals surface area contributed by atoms with E-state index in [1.807, 2.05) is 112 Å². The first-order valence-electron chi connectivity index (χ1n) is 44.3. The highest BCUT2D eigenvalue weighted by Gasteiger charge is 2.40. The minimum Gasteiger partial charge on any atom is -0.504 e. The predicted molar refractivity (Wildman–Crippen MR) is 512 cm³/mol. The van der Waals surface area contributed by atoms with Crippen LogP contribution in [0.4, 0.5) is 22.7 Å². The maximum atomic E-state index is 12.8. The predicted octanol–water partition coefficient (Wildman–Crippen LogP) is 14.4. The number of nitrogen functional groups attached to an aromatic ring is 1. The summed E-state index contributed by atoms with van der Waals surface area (Å²) in [6, 6.07) is 33.4. The first-order chi connectivity index (χ1) is 63.9. The maximum absolute atomic E-state index is 12.8. The van der Waals surface area contributed by atoms with Crippen molar-refractivity contribution in [3.05, 3.63) is 190 Å². The minimum atomic E-state index is -0.531. The number of nitrogens with two attached hydrogens (primary N) is 1. The summed E-state index contributed by atoms with van der Waals surface area (Å²) in [7, 11) is 3.24. The lowest BCUT2D eigenvalue weighted by molar-refractivity contribution is -0.131. The number of Topliss-reactive ketones (excluding diaryl/α,β-unsaturated/α-hetero) is 4. The lowest BCUT2D eigenvalue weighted by Gasteiger charge is -2.34. The van der Waals surface area contributed by atoms with Crippen LogP contribution in [0.15, 0.2) is 151 Å². The standard InChI is InChI=1S/2C28H37N3O8.C23H27N3O5.C20H26N2O2S/c1-28(2,3)25(33)22-16-20-15-21(18-29-26(20)31-22)30-27(34)19-5-6-24(23(32)17-19)39-14-13-38-12-11-37-10-9-36-8-7-35-4;1-28(2,3)25(33)22-16-20-15-21(18-29-26(20)31-22)30-27(34)19-5-6-23(32)24(17-19)39-14-13-38-12-11-37-10-9-36-8-7-35-4;1-23(2,3)20(28)19-13-16-12-17(14-24-21(16)26-19)25-22(29)15-4-6-18(7-5-15)31-11-10-30-9-8-27;1-20(2,3)19(24)17-11-14-12-22(9-8-16(14)25-17)18(23)10-13-4-6-15(21)7-5-13/h2*5-6,15-18,32H,7-14H2,1-4H3,(H,29,31)(H,30,34);4-7,12-14,27H,8-11H2,1-3H3,(H,24,26)(H,25,29);4-7,11,14,16H,8-10,12,21H2,1-3H3. The van der Waals surface area contributed by atoms with Crippen molar-refractivity contribution in [2.45, 2.75) is 101 Å². The van der Waals surface area contributed by atoms with E-state index in [0.717, 1.165) is 28.8 Å². The van der Waals surface area contributed by atoms with Gasteiger partial charge in [0.1, 0.15) is 42.5 Å². The van der Waals surface area contributed by atoms with Crippen molar-refractivity contribution >= 4 is 114 Å². The zero-order valence-electron chi connectivity index (χ0n) is 78.8. The van der Waals surface area contributed by atoms with Crippen LogP contribution in [0.3, 0.4) is 0 Å². The quantitative estimate of drug-likeness (QED) is 0.00963. The number of allylic oxidation sites excluding steroid dienone is 1. The third kappa shape index (κ3) is 33.6. The fourth-order valence-corrected chi connectivity index (χ4v) is 14.7. The average Bonchev–Trinajstić information content (AvgIpc) is 1.67. The zero-order valence-corrected chi connectivity index (χ0v) is 79.6. The molecule has 134 heavy (non-hydrogen) atoms. The summed E-state index contributed by atoms with van der Waals surface area (Å²) in [6.07, 6.45) is 8.01. The van der Waals surface area contributed by atoms with Gasteiger partial charge in [-0.3, -0.25) is 38.4 Å². The number of aromatic hydroxyl groups is 2. The normalized spacial score (nSPS) is 13.7. The summed E-state index contributed by atoms with van der Waals surface area (Å²) in [5.74, 6) is 0.272. The Labute approximate surface area is 784 Å². The number of benzene rings is 4. The van der Waals surface area contributed by atoms with E-state index in [-0.39, 0.29) is 108 Å². The van der Waals surface area contributed by atoms with E-state index in [9.17, 15) is 48.6 Å². The Hall–Kier alpha value is -12.0. The topological polar surface area (TPSA) is 459 Å². The van der Waals surface area contributed by atoms with Gasteiger partial charge >= 0.3 is 0 Å². The number of thioether (sulfide) groups is 1. The number of carbonyl (C=O) groups excluding carboxylic acids is 8. The van der Waals surface area contributed by atoms with Crippen LogP contribution in [0.2, 0.25) is 0 Å². The second-order valence-corrected chi connectivity index (χ2v) is 36.8. The zero-order chi connectivity index (χ0) is 97.1. The number of nitrogens with one attached hydrogen (secondary N) is 6. The Bertz CT molecular complexity index is 5570. The number of carbonyl (C=O) groups is 8. The first kappa shape index (κ1) is 106. The number of hydrogen-bond donors (Lipinski definition) is 10. The number of phenolic OH excluding ortho intramolecular Hbond substituents is 2. The molecule has 1 fully saturated rings. The molecular formula is C99H127N11O23S. The van der Waals surface area contributed by atoms with Crippen LogP contribution in [0, 0.1) is 27.6 Å². The second kappa shape index (κ2) is 51.5. The number of aromatic nitrogens is 6. The summed E-state index contributed by atoms with van der Waals surface area (Å²) < 4.78 is 63.9. The van der Waals surface area contributed by atoms with E-state index in [1.165, 1.54) is 42.7 Å². The van der Waals surface area contributed by atoms with Gasteiger partial charge in [-0.05, 0) is 121 Å². The van der Waals surface area contributed by atoms with Crippen LogP contribution in [0.1, 0.15) is 158 Å². The van der Waals surface area contributed by atoms with Crippen molar-refractivity contribution in [1.82, 2.24) is 34.8 Å². The van der Waals surface area contributed by atoms with Gasteiger partial charge in [-0.15, -0.1) is 11.8 Å². The molecule has 6 aromatic heterocycles. The van der Waals surface area contributed by atoms with E-state index < -0.39 is 28.1 Å². The minimum absolute atomic E-state index is 0.00152. The number of phenols is 2. The highest BCUT2D eigenvalue weighted by atomic mass is 32.2. The van der Waals surface area contributed by atoms with Crippen molar-refractivity contribution in [3.63, 3.8) is 0 Å². The Morgan fingerprint density at radius 3 is 1.23 bits per heavy atom. The molecule has 0 aliphatic carbocycles. The van der Waals surface area contributed by atoms with Crippen LogP contribution >= 0.6 is 11.8 Å². The van der Waals surface area contributed by atoms with Crippen LogP contribution in [-0.2, 0) is 58.6 Å². The fraction of sp³-hybridized carbons (Fsp3) is 0.444. The van der Waals surface area contributed by atoms with Crippen LogP contribution < -0.4 is 35.9 Å². The Balaban J connectivity index is 0.000000203. The summed E-state index contributed by atoms with van der Waals surface area (Å²) in [6.45, 7) is 31.8. The number of anilines is 4. The Kier molecular flexibility index (Phi) is 40.6. The Morgan fingerprint density at radius 1 is 0.433 bits per heavy atom. The van der Waals surface area contributed by atoms with Crippen molar-refractivity contribution in [2.24, 2.45) is 27.6 Å². The van der Waals surface area contributed by atoms with Gasteiger partial charge in [0, 0.05) is 104 Å². The summed E-state index contributed by atoms with van der Waals surface area (Å²) in [4.78, 5) is 126. The van der Waals surface area contributed by atoms with Crippen molar-refractivity contribution in [1.29, 1.82) is 0 Å². The van der Waals surface area contributed by atoms with Crippen molar-refractivity contribution < 1.29 is 111 Å². The average molecular weight is 1870 g/mol. The van der Waals surface area contributed by atoms with E-state index in [0.29, 0.717) is 202 Å². The van der Waals surface area contributed by atoms with E-state index in [1.54, 1.807) is 98.9 Å². The number of aliphatic hydroxyl groups is 1. The highest BCUT2D eigenvalue weighted by molar-refractivity contribution is 8.04. The van der Waals surface area contributed by atoms with Gasteiger partial charge in [0.25, 0.3) is 17.7 Å². The second-order valence-electron chi connectivity index (χ2n) is 35.5. The number of ketones is 4. The maximum Gasteiger partial charge on any atom is 0.255 e. The number of amides is 4. The number of H-pyrrole nitrogens is 3. The molecule has 0 saturated carbocycles. The molecule has 4 aromatic carbocycles. The van der Waals surface area contributed by atoms with Gasteiger partial charge in [-0.1, -0.05) is 101 Å². The van der Waals surface area contributed by atoms with E-state index in [2.05, 4.69) is 51.9 Å². The molecule has 722 valence electrons. The van der Waals surface area contributed by atoms with Crippen LogP contribution in [0.25, 0.3) is 33.1 Å². The Morgan fingerprint density at radius 2 is 0.813 bits per heavy atom. The molecule has 35 heteroatoms. The molecule has 11 N–H and O–H groups in total. The third-order valence-corrected chi connectivity index (χ3v) is 21.9. The van der Waals surface area contributed by atoms with Gasteiger partial charge in [0.15, 0.2) is 46.1 Å². The number of hydrogen-bond acceptors (Lipinski definition) is 28. The summed E-state index contributed by atoms with van der Waals surface area (Å²) in [5, 5.41) is 40.0. The van der Waals surface area contributed by atoms with Gasteiger partial charge in [0.05, 0.1) is 171 Å². The van der Waals surface area contributed by atoms with Gasteiger partial charge in [0.2, 0.25) is 5.91 Å². The lowest BCUT2D eigenvalue weighted by atomic mass is 9.89. The smallest absolute Gasteiger partial charge is 0.255 e. The van der Waals surface area contributed by atoms with Crippen LogP contribution in [0.5, 0.6) is 28.7 Å². The number of nitrogens with zero attached hydrogens (tertiary/aromatic N) is 4. The van der Waals surface area contributed by atoms with Crippen molar-refractivity contribution in [3.8, 4) is 28.7 Å². The SMILES string of the molecule is CC(C)(C)C(=O)C1=CC2CN(C(=O)Cc3ccc(N)cc3)CCC2S1.CC(C)(C)C(=O)c1cc2cc(NC(=O)c3ccc(OCCOCCO)cc3)cnc2[nH]1.COCCOCCOCCOCCOc1cc(C(=O)Nc2cnc3[nH]c(C(=O)C(C)(C)C)cc3c2)ccc1O.COCCOCCOCCOCCOc1ccc(C(=O)Nc2cnc3[nH]c(C(=O)C(C)(C)C)cc3c2)cc1O. The number of ether oxygens (including phenoxy) is 12. The number of aromatic amines is 3. The number of likely N-dealkylation sites (tertiary alicyclic amines) is 1. The number of aliphatic hydroxyl groups excluding tert-OH is 1. The molecule has 1 saturated heterocycles. The number of rotatable bonds is 44. The van der Waals surface area contributed by atoms with Crippen molar-refractivity contribution in [2.75, 3.05) is 181 Å². The molecule has 0 bridgehead atoms.